The molecule has 0 bridgehead atoms. The average Bonchev–Trinajstić information content (AvgIpc) is 2.66. The molecule has 0 aliphatic heterocycles. The van der Waals surface area contributed by atoms with E-state index < -0.39 is 21.6 Å². The van der Waals surface area contributed by atoms with Gasteiger partial charge in [0, 0.05) is 24.6 Å². The minimum Gasteiger partial charge on any atom is -0.323 e. The summed E-state index contributed by atoms with van der Waals surface area (Å²) in [6, 6.07) is 3.30. The summed E-state index contributed by atoms with van der Waals surface area (Å²) in [6.45, 7) is 3.63. The summed E-state index contributed by atoms with van der Waals surface area (Å²) in [4.78, 5) is 12.1. The number of benzene rings is 1. The maximum Gasteiger partial charge on any atom is 0.229 e. The minimum absolute atomic E-state index is 0.0358. The van der Waals surface area contributed by atoms with Crippen LogP contribution in [0.2, 0.25) is 0 Å². The van der Waals surface area contributed by atoms with Crippen molar-refractivity contribution in [2.75, 3.05) is 11.6 Å². The third kappa shape index (κ3) is 3.76. The summed E-state index contributed by atoms with van der Waals surface area (Å²) >= 11 is 0. The van der Waals surface area contributed by atoms with Crippen molar-refractivity contribution in [1.29, 1.82) is 0 Å². The van der Waals surface area contributed by atoms with Gasteiger partial charge in [-0.3, -0.25) is 9.48 Å². The van der Waals surface area contributed by atoms with E-state index in [0.717, 1.165) is 41.4 Å². The SMILES string of the molecule is Cc1nn(C)c(C)c1CC(=O)Nc1cc(S(C)(=O)=O)ccc1F. The highest BCUT2D eigenvalue weighted by Crippen LogP contribution is 2.20. The number of nitrogens with zero attached hydrogens (tertiary/aromatic N) is 2. The number of amides is 1. The Kier molecular flexibility index (Phi) is 4.56. The summed E-state index contributed by atoms with van der Waals surface area (Å²) < 4.78 is 38.5. The van der Waals surface area contributed by atoms with E-state index in [4.69, 9.17) is 0 Å². The Labute approximate surface area is 134 Å². The van der Waals surface area contributed by atoms with Crippen LogP contribution in [0.25, 0.3) is 0 Å². The number of hydrogen-bond acceptors (Lipinski definition) is 4. The molecule has 6 nitrogen and oxygen atoms in total. The lowest BCUT2D eigenvalue weighted by Crippen LogP contribution is -2.16. The molecule has 0 saturated carbocycles. The van der Waals surface area contributed by atoms with E-state index in [1.165, 1.54) is 0 Å². The first-order chi connectivity index (χ1) is 10.6. The number of sulfone groups is 1. The first kappa shape index (κ1) is 17.1. The lowest BCUT2D eigenvalue weighted by molar-refractivity contribution is -0.115. The van der Waals surface area contributed by atoms with Gasteiger partial charge in [-0.05, 0) is 32.0 Å². The third-order valence-electron chi connectivity index (χ3n) is 3.64. The van der Waals surface area contributed by atoms with Crippen LogP contribution in [-0.2, 0) is 28.1 Å². The van der Waals surface area contributed by atoms with Gasteiger partial charge in [-0.1, -0.05) is 0 Å². The first-order valence-electron chi connectivity index (χ1n) is 6.88. The molecule has 1 heterocycles. The number of nitrogens with one attached hydrogen (secondary N) is 1. The van der Waals surface area contributed by atoms with Crippen molar-refractivity contribution < 1.29 is 17.6 Å². The maximum atomic E-state index is 13.8. The van der Waals surface area contributed by atoms with Crippen LogP contribution in [0.5, 0.6) is 0 Å². The van der Waals surface area contributed by atoms with Crippen LogP contribution < -0.4 is 5.32 Å². The van der Waals surface area contributed by atoms with Crippen molar-refractivity contribution in [3.63, 3.8) is 0 Å². The zero-order chi connectivity index (χ0) is 17.4. The molecule has 0 atom stereocenters. The van der Waals surface area contributed by atoms with Crippen molar-refractivity contribution in [1.82, 2.24) is 9.78 Å². The number of anilines is 1. The zero-order valence-electron chi connectivity index (χ0n) is 13.3. The van der Waals surface area contributed by atoms with Gasteiger partial charge in [0.1, 0.15) is 5.82 Å². The topological polar surface area (TPSA) is 81.1 Å². The molecule has 0 aliphatic carbocycles. The molecule has 0 saturated heterocycles. The highest BCUT2D eigenvalue weighted by atomic mass is 32.2. The van der Waals surface area contributed by atoms with E-state index >= 15 is 0 Å². The van der Waals surface area contributed by atoms with E-state index in [1.807, 2.05) is 6.92 Å². The second kappa shape index (κ2) is 6.11. The van der Waals surface area contributed by atoms with Crippen LogP contribution in [-0.4, -0.2) is 30.4 Å². The highest BCUT2D eigenvalue weighted by Gasteiger charge is 2.16. The lowest BCUT2D eigenvalue weighted by atomic mass is 10.1. The Morgan fingerprint density at radius 1 is 1.35 bits per heavy atom. The van der Waals surface area contributed by atoms with E-state index in [2.05, 4.69) is 10.4 Å². The molecule has 0 spiro atoms. The van der Waals surface area contributed by atoms with E-state index in [-0.39, 0.29) is 17.0 Å². The monoisotopic (exact) mass is 339 g/mol. The molecule has 0 unspecified atom stereocenters. The van der Waals surface area contributed by atoms with E-state index in [1.54, 1.807) is 18.7 Å². The summed E-state index contributed by atoms with van der Waals surface area (Å²) in [5.41, 5.74) is 2.19. The van der Waals surface area contributed by atoms with Crippen molar-refractivity contribution in [3.8, 4) is 0 Å². The van der Waals surface area contributed by atoms with Crippen LogP contribution in [0.15, 0.2) is 23.1 Å². The fraction of sp³-hybridized carbons (Fsp3) is 0.333. The number of carbonyl (C=O) groups is 1. The molecular formula is C15H18FN3O3S. The number of aryl methyl sites for hydroxylation is 2. The van der Waals surface area contributed by atoms with Crippen molar-refractivity contribution in [2.24, 2.45) is 7.05 Å². The summed E-state index contributed by atoms with van der Waals surface area (Å²) in [7, 11) is -1.70. The van der Waals surface area contributed by atoms with Gasteiger partial charge < -0.3 is 5.32 Å². The Morgan fingerprint density at radius 3 is 2.52 bits per heavy atom. The molecule has 23 heavy (non-hydrogen) atoms. The Balaban J connectivity index is 2.24. The average molecular weight is 339 g/mol. The van der Waals surface area contributed by atoms with Gasteiger partial charge in [-0.15, -0.1) is 0 Å². The summed E-state index contributed by atoms with van der Waals surface area (Å²) in [5.74, 6) is -1.13. The quantitative estimate of drug-likeness (QED) is 0.861. The van der Waals surface area contributed by atoms with Crippen LogP contribution in [0.3, 0.4) is 0 Å². The smallest absolute Gasteiger partial charge is 0.229 e. The third-order valence-corrected chi connectivity index (χ3v) is 4.75. The van der Waals surface area contributed by atoms with Crippen LogP contribution in [0.4, 0.5) is 10.1 Å². The molecule has 8 heteroatoms. The predicted octanol–water partition coefficient (Wildman–Crippen LogP) is 1.76. The second-order valence-corrected chi connectivity index (χ2v) is 7.43. The Morgan fingerprint density at radius 2 is 2.00 bits per heavy atom. The van der Waals surface area contributed by atoms with Crippen LogP contribution >= 0.6 is 0 Å². The maximum absolute atomic E-state index is 13.8. The van der Waals surface area contributed by atoms with Gasteiger partial charge >= 0.3 is 0 Å². The fourth-order valence-corrected chi connectivity index (χ4v) is 2.91. The Hall–Kier alpha value is -2.22. The summed E-state index contributed by atoms with van der Waals surface area (Å²) in [6.07, 6.45) is 1.06. The minimum atomic E-state index is -3.48. The van der Waals surface area contributed by atoms with Gasteiger partial charge in [-0.2, -0.15) is 5.10 Å². The van der Waals surface area contributed by atoms with Gasteiger partial charge in [0.25, 0.3) is 0 Å². The van der Waals surface area contributed by atoms with Gasteiger partial charge in [0.15, 0.2) is 9.84 Å². The number of carbonyl (C=O) groups excluding carboxylic acids is 1. The highest BCUT2D eigenvalue weighted by molar-refractivity contribution is 7.90. The number of aromatic nitrogens is 2. The lowest BCUT2D eigenvalue weighted by Gasteiger charge is -2.08. The molecule has 1 amide bonds. The number of halogens is 1. The largest absolute Gasteiger partial charge is 0.323 e. The molecule has 0 aliphatic rings. The van der Waals surface area contributed by atoms with Crippen molar-refractivity contribution >= 4 is 21.4 Å². The molecular weight excluding hydrogens is 321 g/mol. The first-order valence-corrected chi connectivity index (χ1v) is 8.77. The molecule has 124 valence electrons. The molecule has 0 fully saturated rings. The van der Waals surface area contributed by atoms with Crippen molar-refractivity contribution in [2.45, 2.75) is 25.2 Å². The molecule has 2 aromatic rings. The van der Waals surface area contributed by atoms with Crippen LogP contribution in [0, 0.1) is 19.7 Å². The van der Waals surface area contributed by atoms with Gasteiger partial charge in [0.05, 0.1) is 22.7 Å². The molecule has 1 N–H and O–H groups in total. The standard InChI is InChI=1S/C15H18FN3O3S/c1-9-12(10(2)19(3)18-9)8-15(20)17-14-7-11(23(4,21)22)5-6-13(14)16/h5-7H,8H2,1-4H3,(H,17,20). The van der Waals surface area contributed by atoms with Gasteiger partial charge in [0.2, 0.25) is 5.91 Å². The fourth-order valence-electron chi connectivity index (χ4n) is 2.26. The molecule has 1 aromatic carbocycles. The normalized spacial score (nSPS) is 11.5. The van der Waals surface area contributed by atoms with E-state index in [0.29, 0.717) is 0 Å². The zero-order valence-corrected chi connectivity index (χ0v) is 14.2. The summed E-state index contributed by atoms with van der Waals surface area (Å²) in [5, 5.41) is 6.64. The predicted molar refractivity (Wildman–Crippen MR) is 84.5 cm³/mol. The van der Waals surface area contributed by atoms with Gasteiger partial charge in [-0.25, -0.2) is 12.8 Å². The van der Waals surface area contributed by atoms with E-state index in [9.17, 15) is 17.6 Å². The molecule has 0 radical (unpaired) electrons. The number of hydrogen-bond donors (Lipinski definition) is 1. The second-order valence-electron chi connectivity index (χ2n) is 5.41. The molecule has 2 rings (SSSR count). The van der Waals surface area contributed by atoms with Crippen molar-refractivity contribution in [3.05, 3.63) is 41.0 Å². The number of rotatable bonds is 4. The Bertz CT molecular complexity index is 872. The molecule has 1 aromatic heterocycles. The van der Waals surface area contributed by atoms with Crippen LogP contribution in [0.1, 0.15) is 17.0 Å².